The van der Waals surface area contributed by atoms with Crippen molar-refractivity contribution in [1.82, 2.24) is 4.98 Å². The minimum absolute atomic E-state index is 0.0484. The summed E-state index contributed by atoms with van der Waals surface area (Å²) in [6.45, 7) is 0. The molecule has 5 nitrogen and oxygen atoms in total. The number of thiophene rings is 1. The monoisotopic (exact) mass is 416 g/mol. The van der Waals surface area contributed by atoms with Gasteiger partial charge in [0.05, 0.1) is 5.69 Å². The van der Waals surface area contributed by atoms with Crippen molar-refractivity contribution in [2.75, 3.05) is 5.32 Å². The van der Waals surface area contributed by atoms with Crippen molar-refractivity contribution < 1.29 is 14.2 Å². The van der Waals surface area contributed by atoms with Gasteiger partial charge in [0, 0.05) is 30.1 Å². The van der Waals surface area contributed by atoms with Crippen molar-refractivity contribution in [1.29, 1.82) is 0 Å². The Hall–Kier alpha value is -3.12. The second-order valence-corrected chi connectivity index (χ2v) is 8.81. The lowest BCUT2D eigenvalue weighted by Crippen LogP contribution is -2.44. The standard InChI is InChI=1S/C24H21N3O2S/c28-18-10-8-17(9-11-18)22-15-27-23(20(25-22)13-16-5-2-1-3-6-16)26-21(24(27)29)14-19-7-4-12-30-19/h1-8,10,12,15,17,21H,9,11,13-14H2/p+1. The summed E-state index contributed by atoms with van der Waals surface area (Å²) in [7, 11) is 0. The highest BCUT2D eigenvalue weighted by Crippen LogP contribution is 2.28. The fourth-order valence-electron chi connectivity index (χ4n) is 4.10. The number of hydrogen-bond donors (Lipinski definition) is 1. The Morgan fingerprint density at radius 3 is 2.73 bits per heavy atom. The van der Waals surface area contributed by atoms with Crippen LogP contribution >= 0.6 is 11.3 Å². The molecule has 3 aromatic rings. The maximum Gasteiger partial charge on any atom is 0.359 e. The van der Waals surface area contributed by atoms with Gasteiger partial charge in [-0.05, 0) is 29.5 Å². The van der Waals surface area contributed by atoms with Crippen LogP contribution in [0.3, 0.4) is 0 Å². The maximum atomic E-state index is 13.2. The van der Waals surface area contributed by atoms with Crippen LogP contribution in [0.25, 0.3) is 0 Å². The summed E-state index contributed by atoms with van der Waals surface area (Å²) in [5.74, 6) is 1.04. The van der Waals surface area contributed by atoms with E-state index in [4.69, 9.17) is 4.98 Å². The largest absolute Gasteiger partial charge is 0.359 e. The quantitative estimate of drug-likeness (QED) is 0.644. The molecule has 1 aliphatic heterocycles. The molecular formula is C24H22N3O2S+. The van der Waals surface area contributed by atoms with Gasteiger partial charge >= 0.3 is 11.7 Å². The molecule has 0 saturated heterocycles. The maximum absolute atomic E-state index is 13.2. The predicted molar refractivity (Wildman–Crippen MR) is 116 cm³/mol. The number of carbonyl (C=O) groups is 2. The average molecular weight is 417 g/mol. The molecule has 1 aliphatic carbocycles. The first-order chi connectivity index (χ1) is 14.7. The van der Waals surface area contributed by atoms with E-state index >= 15 is 0 Å². The zero-order valence-electron chi connectivity index (χ0n) is 16.5. The first-order valence-electron chi connectivity index (χ1n) is 10.2. The predicted octanol–water partition coefficient (Wildman–Crippen LogP) is 3.70. The minimum Gasteiger partial charge on any atom is -0.295 e. The van der Waals surface area contributed by atoms with Gasteiger partial charge in [-0.3, -0.25) is 10.1 Å². The van der Waals surface area contributed by atoms with Crippen LogP contribution in [0.1, 0.15) is 45.4 Å². The first kappa shape index (κ1) is 18.9. The van der Waals surface area contributed by atoms with Gasteiger partial charge in [-0.25, -0.2) is 9.78 Å². The Morgan fingerprint density at radius 2 is 2.00 bits per heavy atom. The zero-order chi connectivity index (χ0) is 20.5. The number of anilines is 1. The number of aromatic nitrogens is 2. The Bertz CT molecular complexity index is 1120. The van der Waals surface area contributed by atoms with Crippen molar-refractivity contribution >= 4 is 28.8 Å². The summed E-state index contributed by atoms with van der Waals surface area (Å²) < 4.78 is 1.74. The number of hydrogen-bond acceptors (Lipinski definition) is 5. The number of fused-ring (bicyclic) bond motifs is 1. The number of allylic oxidation sites excluding steroid dienone is 2. The van der Waals surface area contributed by atoms with Gasteiger partial charge in [-0.2, -0.15) is 4.57 Å². The third kappa shape index (κ3) is 3.71. The van der Waals surface area contributed by atoms with Crippen molar-refractivity contribution in [2.24, 2.45) is 0 Å². The van der Waals surface area contributed by atoms with E-state index in [1.165, 1.54) is 4.88 Å². The number of benzene rings is 1. The summed E-state index contributed by atoms with van der Waals surface area (Å²) in [4.78, 5) is 31.0. The van der Waals surface area contributed by atoms with Crippen LogP contribution in [0.4, 0.5) is 5.82 Å². The van der Waals surface area contributed by atoms with Crippen molar-refractivity contribution in [2.45, 2.75) is 37.6 Å². The second-order valence-electron chi connectivity index (χ2n) is 7.78. The van der Waals surface area contributed by atoms with Crippen LogP contribution in [0.2, 0.25) is 0 Å². The Kier molecular flexibility index (Phi) is 5.01. The second kappa shape index (κ2) is 7.95. The van der Waals surface area contributed by atoms with E-state index in [1.807, 2.05) is 41.9 Å². The molecule has 0 radical (unpaired) electrons. The van der Waals surface area contributed by atoms with Gasteiger partial charge in [0.2, 0.25) is 0 Å². The molecule has 2 aromatic heterocycles. The average Bonchev–Trinajstić information content (AvgIpc) is 3.38. The molecule has 6 heteroatoms. The smallest absolute Gasteiger partial charge is 0.295 e. The van der Waals surface area contributed by atoms with E-state index in [0.717, 1.165) is 29.2 Å². The summed E-state index contributed by atoms with van der Waals surface area (Å²) in [5.41, 5.74) is 2.86. The highest BCUT2D eigenvalue weighted by atomic mass is 32.1. The molecule has 0 amide bonds. The summed E-state index contributed by atoms with van der Waals surface area (Å²) in [5, 5.41) is 5.47. The number of nitrogens with zero attached hydrogens (tertiary/aromatic N) is 2. The lowest BCUT2D eigenvalue weighted by Gasteiger charge is -2.16. The lowest BCUT2D eigenvalue weighted by molar-refractivity contribution is -0.554. The van der Waals surface area contributed by atoms with Gasteiger partial charge in [0.15, 0.2) is 11.8 Å². The highest BCUT2D eigenvalue weighted by molar-refractivity contribution is 7.09. The SMILES string of the molecule is O=C1C=CC(c2c[n+]3c(c(Cc4ccccc4)n2)NC(Cc2cccs2)C3=O)CC1. The van der Waals surface area contributed by atoms with Gasteiger partial charge < -0.3 is 0 Å². The van der Waals surface area contributed by atoms with Crippen molar-refractivity contribution in [3.8, 4) is 0 Å². The van der Waals surface area contributed by atoms with E-state index in [2.05, 4.69) is 23.5 Å². The zero-order valence-corrected chi connectivity index (χ0v) is 17.3. The normalized spacial score (nSPS) is 20.3. The molecule has 30 heavy (non-hydrogen) atoms. The Labute approximate surface area is 179 Å². The van der Waals surface area contributed by atoms with E-state index in [9.17, 15) is 9.59 Å². The minimum atomic E-state index is -0.293. The Balaban J connectivity index is 1.52. The Morgan fingerprint density at radius 1 is 1.13 bits per heavy atom. The van der Waals surface area contributed by atoms with Crippen molar-refractivity contribution in [3.63, 3.8) is 0 Å². The van der Waals surface area contributed by atoms with Gasteiger partial charge in [-0.15, -0.1) is 11.3 Å². The molecule has 0 fully saturated rings. The topological polar surface area (TPSA) is 62.9 Å². The highest BCUT2D eigenvalue weighted by Gasteiger charge is 2.41. The van der Waals surface area contributed by atoms with Gasteiger partial charge in [0.25, 0.3) is 0 Å². The molecule has 1 N–H and O–H groups in total. The lowest BCUT2D eigenvalue weighted by atomic mass is 9.92. The molecule has 150 valence electrons. The third-order valence-corrected chi connectivity index (χ3v) is 6.58. The molecular weight excluding hydrogens is 394 g/mol. The van der Waals surface area contributed by atoms with Crippen LogP contribution < -0.4 is 9.88 Å². The van der Waals surface area contributed by atoms with E-state index in [-0.39, 0.29) is 23.7 Å². The van der Waals surface area contributed by atoms with Crippen molar-refractivity contribution in [3.05, 3.63) is 88.0 Å². The van der Waals surface area contributed by atoms with Crippen LogP contribution in [0.5, 0.6) is 0 Å². The summed E-state index contributed by atoms with van der Waals surface area (Å²) in [6.07, 6.45) is 7.98. The third-order valence-electron chi connectivity index (χ3n) is 5.68. The number of nitrogens with one attached hydrogen (secondary N) is 1. The molecule has 2 atom stereocenters. The first-order valence-corrected chi connectivity index (χ1v) is 11.1. The van der Waals surface area contributed by atoms with E-state index < -0.39 is 0 Å². The molecule has 0 saturated carbocycles. The van der Waals surface area contributed by atoms with Gasteiger partial charge in [-0.1, -0.05) is 42.5 Å². The van der Waals surface area contributed by atoms with Gasteiger partial charge in [0.1, 0.15) is 11.9 Å². The fourth-order valence-corrected chi connectivity index (χ4v) is 4.85. The molecule has 1 aromatic carbocycles. The van der Waals surface area contributed by atoms with E-state index in [1.54, 1.807) is 22.0 Å². The van der Waals surface area contributed by atoms with Crippen LogP contribution in [-0.4, -0.2) is 22.7 Å². The molecule has 2 aliphatic rings. The summed E-state index contributed by atoms with van der Waals surface area (Å²) in [6, 6.07) is 14.0. The molecule has 5 rings (SSSR count). The molecule has 0 spiro atoms. The number of ketones is 1. The van der Waals surface area contributed by atoms with Crippen LogP contribution in [0.15, 0.2) is 66.2 Å². The molecule has 0 bridgehead atoms. The number of rotatable bonds is 5. The fraction of sp³-hybridized carbons (Fsp3) is 0.250. The van der Waals surface area contributed by atoms with E-state index in [0.29, 0.717) is 19.3 Å². The van der Waals surface area contributed by atoms with Crippen LogP contribution in [0, 0.1) is 0 Å². The number of carbonyl (C=O) groups excluding carboxylic acids is 2. The van der Waals surface area contributed by atoms with Crippen LogP contribution in [-0.2, 0) is 17.6 Å². The summed E-state index contributed by atoms with van der Waals surface area (Å²) >= 11 is 1.67. The molecule has 3 heterocycles. The molecule has 2 unspecified atom stereocenters.